The van der Waals surface area contributed by atoms with Crippen LogP contribution in [0.3, 0.4) is 0 Å². The van der Waals surface area contributed by atoms with Gasteiger partial charge in [0.15, 0.2) is 11.5 Å². The number of aromatic hydroxyl groups is 1. The topological polar surface area (TPSA) is 95.9 Å². The second kappa shape index (κ2) is 8.78. The molecule has 3 rings (SSSR count). The fraction of sp³-hybridized carbons (Fsp3) is 0.150. The van der Waals surface area contributed by atoms with E-state index in [4.69, 9.17) is 4.74 Å². The molecule has 2 aromatic rings. The zero-order chi connectivity index (χ0) is 21.0. The van der Waals surface area contributed by atoms with Gasteiger partial charge in [-0.05, 0) is 49.0 Å². The number of phenols is 1. The van der Waals surface area contributed by atoms with E-state index in [1.807, 2.05) is 0 Å². The molecule has 0 atom stereocenters. The van der Waals surface area contributed by atoms with Crippen LogP contribution in [0.15, 0.2) is 47.4 Å². The van der Waals surface area contributed by atoms with Crippen LogP contribution in [-0.4, -0.2) is 40.2 Å². The minimum absolute atomic E-state index is 0.0671. The molecular weight excluding hydrogens is 399 g/mol. The highest BCUT2D eigenvalue weighted by Crippen LogP contribution is 2.36. The minimum Gasteiger partial charge on any atom is -0.504 e. The summed E-state index contributed by atoms with van der Waals surface area (Å²) in [5.74, 6) is -1.71. The molecule has 1 aliphatic rings. The lowest BCUT2D eigenvalue weighted by Crippen LogP contribution is -2.36. The first-order chi connectivity index (χ1) is 13.9. The van der Waals surface area contributed by atoms with E-state index in [-0.39, 0.29) is 22.1 Å². The SMILES string of the molecule is CCOc1cccc(/C=C2/SC(=O)N(CC(=O)Nc3cccc(F)c3)C2=O)c1O. The standard InChI is InChI=1S/C20H17FN2O5S/c1-2-28-15-8-3-5-12(18(15)25)9-16-19(26)23(20(27)29-16)11-17(24)22-14-7-4-6-13(21)10-14/h3-10,25H,2,11H2,1H3,(H,22,24)/b16-9+. The van der Waals surface area contributed by atoms with Gasteiger partial charge in [-0.25, -0.2) is 4.39 Å². The summed E-state index contributed by atoms with van der Waals surface area (Å²) in [5, 5.41) is 12.1. The molecule has 150 valence electrons. The molecular formula is C20H17FN2O5S. The Balaban J connectivity index is 1.73. The molecule has 3 amide bonds. The van der Waals surface area contributed by atoms with Crippen LogP contribution in [0.1, 0.15) is 12.5 Å². The van der Waals surface area contributed by atoms with Gasteiger partial charge in [-0.15, -0.1) is 0 Å². The number of para-hydroxylation sites is 1. The number of thioether (sulfide) groups is 1. The number of imide groups is 1. The summed E-state index contributed by atoms with van der Waals surface area (Å²) in [7, 11) is 0. The van der Waals surface area contributed by atoms with Crippen LogP contribution in [0.5, 0.6) is 11.5 Å². The van der Waals surface area contributed by atoms with Crippen LogP contribution >= 0.6 is 11.8 Å². The van der Waals surface area contributed by atoms with Gasteiger partial charge in [0.05, 0.1) is 11.5 Å². The number of carbonyl (C=O) groups is 3. The maximum Gasteiger partial charge on any atom is 0.294 e. The summed E-state index contributed by atoms with van der Waals surface area (Å²) in [6, 6.07) is 10.1. The van der Waals surface area contributed by atoms with Crippen molar-refractivity contribution in [2.24, 2.45) is 0 Å². The van der Waals surface area contributed by atoms with Gasteiger partial charge in [0.25, 0.3) is 11.1 Å². The first-order valence-electron chi connectivity index (χ1n) is 8.64. The van der Waals surface area contributed by atoms with Gasteiger partial charge in [0, 0.05) is 11.3 Å². The number of amides is 3. The van der Waals surface area contributed by atoms with Crippen molar-refractivity contribution < 1.29 is 28.6 Å². The predicted molar refractivity (Wildman–Crippen MR) is 107 cm³/mol. The monoisotopic (exact) mass is 416 g/mol. The van der Waals surface area contributed by atoms with E-state index < -0.39 is 29.4 Å². The van der Waals surface area contributed by atoms with Crippen LogP contribution in [0.25, 0.3) is 6.08 Å². The molecule has 1 heterocycles. The second-order valence-corrected chi connectivity index (χ2v) is 6.95. The lowest BCUT2D eigenvalue weighted by Gasteiger charge is -2.12. The van der Waals surface area contributed by atoms with Crippen molar-refractivity contribution in [2.45, 2.75) is 6.92 Å². The van der Waals surface area contributed by atoms with E-state index in [9.17, 15) is 23.9 Å². The lowest BCUT2D eigenvalue weighted by molar-refractivity contribution is -0.127. The first-order valence-corrected chi connectivity index (χ1v) is 9.46. The second-order valence-electron chi connectivity index (χ2n) is 5.95. The number of rotatable bonds is 6. The zero-order valence-corrected chi connectivity index (χ0v) is 16.2. The van der Waals surface area contributed by atoms with Gasteiger partial charge >= 0.3 is 0 Å². The Morgan fingerprint density at radius 1 is 1.28 bits per heavy atom. The highest BCUT2D eigenvalue weighted by Gasteiger charge is 2.36. The number of ether oxygens (including phenoxy) is 1. The number of phenolic OH excluding ortho intramolecular Hbond substituents is 1. The smallest absolute Gasteiger partial charge is 0.294 e. The van der Waals surface area contributed by atoms with Gasteiger partial charge in [-0.2, -0.15) is 0 Å². The molecule has 0 bridgehead atoms. The van der Waals surface area contributed by atoms with Gasteiger partial charge in [-0.3, -0.25) is 19.3 Å². The summed E-state index contributed by atoms with van der Waals surface area (Å²) in [4.78, 5) is 37.7. The Morgan fingerprint density at radius 2 is 2.03 bits per heavy atom. The predicted octanol–water partition coefficient (Wildman–Crippen LogP) is 3.61. The van der Waals surface area contributed by atoms with Crippen LogP contribution in [0, 0.1) is 5.82 Å². The normalized spacial score (nSPS) is 15.1. The third-order valence-corrected chi connectivity index (χ3v) is 4.81. The summed E-state index contributed by atoms with van der Waals surface area (Å²) in [5.41, 5.74) is 0.529. The van der Waals surface area contributed by atoms with Gasteiger partial charge < -0.3 is 15.2 Å². The summed E-state index contributed by atoms with van der Waals surface area (Å²) >= 11 is 0.662. The highest BCUT2D eigenvalue weighted by atomic mass is 32.2. The molecule has 7 nitrogen and oxygen atoms in total. The van der Waals surface area contributed by atoms with E-state index in [0.29, 0.717) is 23.9 Å². The van der Waals surface area contributed by atoms with Crippen molar-refractivity contribution in [2.75, 3.05) is 18.5 Å². The third-order valence-electron chi connectivity index (χ3n) is 3.90. The van der Waals surface area contributed by atoms with Gasteiger partial charge in [-0.1, -0.05) is 18.2 Å². The van der Waals surface area contributed by atoms with Gasteiger partial charge in [0.2, 0.25) is 5.91 Å². The van der Waals surface area contributed by atoms with E-state index in [1.54, 1.807) is 25.1 Å². The summed E-state index contributed by atoms with van der Waals surface area (Å²) < 4.78 is 18.5. The van der Waals surface area contributed by atoms with Crippen molar-refractivity contribution >= 4 is 40.6 Å². The molecule has 0 aliphatic carbocycles. The van der Waals surface area contributed by atoms with Crippen molar-refractivity contribution in [3.8, 4) is 11.5 Å². The number of carbonyl (C=O) groups excluding carboxylic acids is 3. The van der Waals surface area contributed by atoms with E-state index in [1.165, 1.54) is 24.3 Å². The molecule has 1 aliphatic heterocycles. The highest BCUT2D eigenvalue weighted by molar-refractivity contribution is 8.18. The number of halogens is 1. The first kappa shape index (κ1) is 20.4. The number of hydrogen-bond donors (Lipinski definition) is 2. The van der Waals surface area contributed by atoms with Crippen molar-refractivity contribution in [1.82, 2.24) is 4.90 Å². The Labute approximate surface area is 170 Å². The number of nitrogens with zero attached hydrogens (tertiary/aromatic N) is 1. The molecule has 0 unspecified atom stereocenters. The van der Waals surface area contributed by atoms with Crippen LogP contribution in [0.2, 0.25) is 0 Å². The molecule has 29 heavy (non-hydrogen) atoms. The van der Waals surface area contributed by atoms with E-state index >= 15 is 0 Å². The average molecular weight is 416 g/mol. The van der Waals surface area contributed by atoms with Crippen molar-refractivity contribution in [3.63, 3.8) is 0 Å². The van der Waals surface area contributed by atoms with E-state index in [0.717, 1.165) is 11.0 Å². The fourth-order valence-electron chi connectivity index (χ4n) is 2.62. The number of nitrogens with one attached hydrogen (secondary N) is 1. The number of hydrogen-bond acceptors (Lipinski definition) is 6. The number of anilines is 1. The third kappa shape index (κ3) is 4.75. The number of benzene rings is 2. The summed E-state index contributed by atoms with van der Waals surface area (Å²) in [6.45, 7) is 1.61. The van der Waals surface area contributed by atoms with Crippen LogP contribution in [0.4, 0.5) is 14.9 Å². The van der Waals surface area contributed by atoms with Crippen molar-refractivity contribution in [3.05, 3.63) is 58.8 Å². The van der Waals surface area contributed by atoms with Gasteiger partial charge in [0.1, 0.15) is 12.4 Å². The van der Waals surface area contributed by atoms with Crippen LogP contribution < -0.4 is 10.1 Å². The Hall–Kier alpha value is -3.33. The largest absolute Gasteiger partial charge is 0.504 e. The fourth-order valence-corrected chi connectivity index (χ4v) is 3.44. The molecule has 9 heteroatoms. The molecule has 2 aromatic carbocycles. The zero-order valence-electron chi connectivity index (χ0n) is 15.3. The summed E-state index contributed by atoms with van der Waals surface area (Å²) in [6.07, 6.45) is 1.37. The molecule has 0 radical (unpaired) electrons. The van der Waals surface area contributed by atoms with Crippen LogP contribution in [-0.2, 0) is 9.59 Å². The Morgan fingerprint density at radius 3 is 2.76 bits per heavy atom. The quantitative estimate of drug-likeness (QED) is 0.699. The Kier molecular flexibility index (Phi) is 6.18. The Bertz CT molecular complexity index is 1010. The average Bonchev–Trinajstić information content (AvgIpc) is 2.92. The lowest BCUT2D eigenvalue weighted by atomic mass is 10.1. The maximum atomic E-state index is 13.2. The molecule has 0 saturated carbocycles. The molecule has 2 N–H and O–H groups in total. The van der Waals surface area contributed by atoms with Crippen molar-refractivity contribution in [1.29, 1.82) is 0 Å². The molecule has 1 saturated heterocycles. The minimum atomic E-state index is -0.657. The maximum absolute atomic E-state index is 13.2. The molecule has 0 spiro atoms. The molecule has 0 aromatic heterocycles. The van der Waals surface area contributed by atoms with E-state index in [2.05, 4.69) is 5.32 Å². The molecule has 1 fully saturated rings.